The molecule has 5 nitrogen and oxygen atoms in total. The molecule has 0 bridgehead atoms. The van der Waals surface area contributed by atoms with Gasteiger partial charge in [0.1, 0.15) is 0 Å². The van der Waals surface area contributed by atoms with E-state index < -0.39 is 0 Å². The van der Waals surface area contributed by atoms with E-state index in [-0.39, 0.29) is 6.04 Å². The SMILES string of the molecule is CCCCCN(c1nnc(C(C)NCC)o1)C(C)C. The zero-order chi connectivity index (χ0) is 14.3. The summed E-state index contributed by atoms with van der Waals surface area (Å²) < 4.78 is 5.79. The number of hydrogen-bond acceptors (Lipinski definition) is 5. The average molecular weight is 268 g/mol. The normalized spacial score (nSPS) is 12.9. The molecule has 5 heteroatoms. The Morgan fingerprint density at radius 2 is 1.89 bits per heavy atom. The van der Waals surface area contributed by atoms with Gasteiger partial charge in [-0.1, -0.05) is 31.8 Å². The summed E-state index contributed by atoms with van der Waals surface area (Å²) in [5.74, 6) is 0.665. The van der Waals surface area contributed by atoms with Crippen molar-refractivity contribution in [2.45, 2.75) is 66.0 Å². The first kappa shape index (κ1) is 16.0. The molecular formula is C14H28N4O. The maximum absolute atomic E-state index is 5.79. The second kappa shape index (κ2) is 8.15. The van der Waals surface area contributed by atoms with E-state index in [0.717, 1.165) is 19.5 Å². The smallest absolute Gasteiger partial charge is 0.318 e. The van der Waals surface area contributed by atoms with Crippen LogP contribution in [0.4, 0.5) is 6.01 Å². The van der Waals surface area contributed by atoms with Crippen LogP contribution in [0.25, 0.3) is 0 Å². The largest absolute Gasteiger partial charge is 0.406 e. The second-order valence-corrected chi connectivity index (χ2v) is 5.20. The minimum Gasteiger partial charge on any atom is -0.406 e. The fourth-order valence-electron chi connectivity index (χ4n) is 2.02. The van der Waals surface area contributed by atoms with Gasteiger partial charge in [0.05, 0.1) is 6.04 Å². The standard InChI is InChI=1S/C14H28N4O/c1-6-8-9-10-18(11(3)4)14-17-16-13(19-14)12(5)15-7-2/h11-12,15H,6-10H2,1-5H3. The van der Waals surface area contributed by atoms with Gasteiger partial charge < -0.3 is 14.6 Å². The van der Waals surface area contributed by atoms with E-state index in [2.05, 4.69) is 48.1 Å². The first-order valence-electron chi connectivity index (χ1n) is 7.43. The number of nitrogens with zero attached hydrogens (tertiary/aromatic N) is 3. The van der Waals surface area contributed by atoms with Crippen LogP contribution in [0.15, 0.2) is 4.42 Å². The van der Waals surface area contributed by atoms with Crippen LogP contribution in [0.1, 0.15) is 65.8 Å². The summed E-state index contributed by atoms with van der Waals surface area (Å²) in [6.07, 6.45) is 3.62. The van der Waals surface area contributed by atoms with E-state index >= 15 is 0 Å². The Kier molecular flexibility index (Phi) is 6.84. The fraction of sp³-hybridized carbons (Fsp3) is 0.857. The van der Waals surface area contributed by atoms with Gasteiger partial charge >= 0.3 is 6.01 Å². The number of unbranched alkanes of at least 4 members (excludes halogenated alkanes) is 2. The van der Waals surface area contributed by atoms with Gasteiger partial charge in [0.25, 0.3) is 0 Å². The van der Waals surface area contributed by atoms with Gasteiger partial charge in [0, 0.05) is 12.6 Å². The predicted octanol–water partition coefficient (Wildman–Crippen LogP) is 3.15. The van der Waals surface area contributed by atoms with Crippen LogP contribution >= 0.6 is 0 Å². The Morgan fingerprint density at radius 3 is 2.47 bits per heavy atom. The van der Waals surface area contributed by atoms with Gasteiger partial charge in [-0.05, 0) is 33.7 Å². The molecule has 0 spiro atoms. The van der Waals surface area contributed by atoms with Gasteiger partial charge in [-0.3, -0.25) is 0 Å². The lowest BCUT2D eigenvalue weighted by Crippen LogP contribution is -2.32. The van der Waals surface area contributed by atoms with Crippen molar-refractivity contribution in [2.24, 2.45) is 0 Å². The lowest BCUT2D eigenvalue weighted by Gasteiger charge is -2.24. The highest BCUT2D eigenvalue weighted by Crippen LogP contribution is 2.19. The van der Waals surface area contributed by atoms with Gasteiger partial charge in [-0.25, -0.2) is 0 Å². The molecule has 110 valence electrons. The molecule has 19 heavy (non-hydrogen) atoms. The van der Waals surface area contributed by atoms with E-state index in [0.29, 0.717) is 17.9 Å². The summed E-state index contributed by atoms with van der Waals surface area (Å²) in [4.78, 5) is 2.19. The Bertz CT molecular complexity index is 351. The van der Waals surface area contributed by atoms with Crippen molar-refractivity contribution < 1.29 is 4.42 Å². The fourth-order valence-corrected chi connectivity index (χ4v) is 2.02. The molecule has 0 radical (unpaired) electrons. The van der Waals surface area contributed by atoms with Crippen LogP contribution in [-0.2, 0) is 0 Å². The van der Waals surface area contributed by atoms with Crippen molar-refractivity contribution in [3.05, 3.63) is 5.89 Å². The maximum atomic E-state index is 5.79. The lowest BCUT2D eigenvalue weighted by atomic mass is 10.2. The van der Waals surface area contributed by atoms with Crippen molar-refractivity contribution in [2.75, 3.05) is 18.0 Å². The van der Waals surface area contributed by atoms with Crippen LogP contribution in [-0.4, -0.2) is 29.3 Å². The molecule has 1 N–H and O–H groups in total. The topological polar surface area (TPSA) is 54.2 Å². The highest BCUT2D eigenvalue weighted by Gasteiger charge is 2.19. The van der Waals surface area contributed by atoms with Gasteiger partial charge in [-0.2, -0.15) is 0 Å². The van der Waals surface area contributed by atoms with E-state index in [1.54, 1.807) is 0 Å². The van der Waals surface area contributed by atoms with Crippen LogP contribution in [0.2, 0.25) is 0 Å². The molecule has 1 aromatic heterocycles. The predicted molar refractivity (Wildman–Crippen MR) is 78.4 cm³/mol. The molecule has 1 unspecified atom stereocenters. The molecule has 0 fully saturated rings. The number of hydrogen-bond donors (Lipinski definition) is 1. The Morgan fingerprint density at radius 1 is 1.16 bits per heavy atom. The molecule has 1 rings (SSSR count). The molecule has 0 aliphatic heterocycles. The van der Waals surface area contributed by atoms with E-state index in [9.17, 15) is 0 Å². The van der Waals surface area contributed by atoms with Gasteiger partial charge in [-0.15, -0.1) is 5.10 Å². The molecule has 0 aliphatic carbocycles. The molecule has 0 saturated heterocycles. The third kappa shape index (κ3) is 4.82. The summed E-state index contributed by atoms with van der Waals surface area (Å²) in [6.45, 7) is 12.5. The van der Waals surface area contributed by atoms with Crippen molar-refractivity contribution in [3.8, 4) is 0 Å². The molecule has 1 aromatic rings. The molecule has 0 aliphatic rings. The van der Waals surface area contributed by atoms with Crippen LogP contribution in [0.5, 0.6) is 0 Å². The molecule has 1 heterocycles. The minimum absolute atomic E-state index is 0.107. The number of anilines is 1. The first-order chi connectivity index (χ1) is 9.10. The summed E-state index contributed by atoms with van der Waals surface area (Å²) in [7, 11) is 0. The summed E-state index contributed by atoms with van der Waals surface area (Å²) in [5, 5.41) is 11.6. The van der Waals surface area contributed by atoms with Crippen molar-refractivity contribution >= 4 is 6.01 Å². The maximum Gasteiger partial charge on any atom is 0.318 e. The first-order valence-corrected chi connectivity index (χ1v) is 7.43. The highest BCUT2D eigenvalue weighted by molar-refractivity contribution is 5.25. The van der Waals surface area contributed by atoms with Crippen LogP contribution < -0.4 is 10.2 Å². The van der Waals surface area contributed by atoms with Gasteiger partial charge in [0.15, 0.2) is 0 Å². The molecule has 0 saturated carbocycles. The molecule has 0 aromatic carbocycles. The summed E-state index contributed by atoms with van der Waals surface area (Å²) in [6, 6.07) is 1.13. The van der Waals surface area contributed by atoms with Crippen molar-refractivity contribution in [1.29, 1.82) is 0 Å². The number of rotatable bonds is 9. The van der Waals surface area contributed by atoms with Crippen LogP contribution in [0, 0.1) is 0 Å². The van der Waals surface area contributed by atoms with E-state index in [1.807, 2.05) is 6.92 Å². The van der Waals surface area contributed by atoms with E-state index in [4.69, 9.17) is 4.42 Å². The lowest BCUT2D eigenvalue weighted by molar-refractivity contribution is 0.412. The monoisotopic (exact) mass is 268 g/mol. The average Bonchev–Trinajstić information content (AvgIpc) is 2.84. The minimum atomic E-state index is 0.107. The summed E-state index contributed by atoms with van der Waals surface area (Å²) in [5.41, 5.74) is 0. The van der Waals surface area contributed by atoms with Gasteiger partial charge in [0.2, 0.25) is 5.89 Å². The Hall–Kier alpha value is -1.10. The molecule has 0 amide bonds. The quantitative estimate of drug-likeness (QED) is 0.697. The Labute approximate surface area is 116 Å². The highest BCUT2D eigenvalue weighted by atomic mass is 16.4. The molecule has 1 atom stereocenters. The van der Waals surface area contributed by atoms with Crippen LogP contribution in [0.3, 0.4) is 0 Å². The van der Waals surface area contributed by atoms with Crippen molar-refractivity contribution in [1.82, 2.24) is 15.5 Å². The number of aromatic nitrogens is 2. The third-order valence-corrected chi connectivity index (χ3v) is 3.18. The Balaban J connectivity index is 2.69. The zero-order valence-corrected chi connectivity index (χ0v) is 12.9. The zero-order valence-electron chi connectivity index (χ0n) is 12.9. The molecular weight excluding hydrogens is 240 g/mol. The number of nitrogens with one attached hydrogen (secondary N) is 1. The van der Waals surface area contributed by atoms with Crippen molar-refractivity contribution in [3.63, 3.8) is 0 Å². The van der Waals surface area contributed by atoms with E-state index in [1.165, 1.54) is 12.8 Å². The summed E-state index contributed by atoms with van der Waals surface area (Å²) >= 11 is 0. The third-order valence-electron chi connectivity index (χ3n) is 3.18. The second-order valence-electron chi connectivity index (χ2n) is 5.20.